The standard InChI is InChI=1S/C27H29N3O3/c31-25(29-16-14-21(15-17-29)20-6-2-1-3-7-20)22-12-10-19(11-13-22)18-30-26(32)23-8-4-5-9-24(23)28-27(30)33/h1-9,14,19,22H,10-13,15-18H2,(H,28,33). The Morgan fingerprint density at radius 2 is 1.67 bits per heavy atom. The molecule has 1 aliphatic heterocycles. The van der Waals surface area contributed by atoms with E-state index in [2.05, 4.69) is 23.2 Å². The summed E-state index contributed by atoms with van der Waals surface area (Å²) in [7, 11) is 0. The first-order valence-corrected chi connectivity index (χ1v) is 11.9. The number of fused-ring (bicyclic) bond motifs is 1. The van der Waals surface area contributed by atoms with Crippen LogP contribution in [-0.2, 0) is 11.3 Å². The number of para-hydroxylation sites is 1. The summed E-state index contributed by atoms with van der Waals surface area (Å²) in [4.78, 5) is 43.2. The van der Waals surface area contributed by atoms with Gasteiger partial charge in [0.2, 0.25) is 5.91 Å². The zero-order valence-electron chi connectivity index (χ0n) is 18.7. The highest BCUT2D eigenvalue weighted by molar-refractivity contribution is 5.80. The summed E-state index contributed by atoms with van der Waals surface area (Å²) >= 11 is 0. The highest BCUT2D eigenvalue weighted by Gasteiger charge is 2.30. The fourth-order valence-corrected chi connectivity index (χ4v) is 5.26. The number of carbonyl (C=O) groups is 1. The van der Waals surface area contributed by atoms with E-state index in [1.807, 2.05) is 29.2 Å². The Kier molecular flexibility index (Phi) is 5.99. The molecular formula is C27H29N3O3. The molecule has 2 heterocycles. The maximum atomic E-state index is 13.1. The van der Waals surface area contributed by atoms with E-state index < -0.39 is 0 Å². The Morgan fingerprint density at radius 3 is 2.39 bits per heavy atom. The Labute approximate surface area is 192 Å². The highest BCUT2D eigenvalue weighted by atomic mass is 16.2. The summed E-state index contributed by atoms with van der Waals surface area (Å²) in [5.74, 6) is 0.525. The molecule has 5 rings (SSSR count). The largest absolute Gasteiger partial charge is 0.338 e. The summed E-state index contributed by atoms with van der Waals surface area (Å²) in [6.07, 6.45) is 6.41. The molecule has 2 aliphatic rings. The molecule has 2 aromatic carbocycles. The molecule has 1 aromatic heterocycles. The number of H-pyrrole nitrogens is 1. The van der Waals surface area contributed by atoms with Crippen molar-refractivity contribution in [3.63, 3.8) is 0 Å². The van der Waals surface area contributed by atoms with Gasteiger partial charge in [-0.1, -0.05) is 48.5 Å². The van der Waals surface area contributed by atoms with Gasteiger partial charge in [-0.2, -0.15) is 0 Å². The molecule has 33 heavy (non-hydrogen) atoms. The minimum Gasteiger partial charge on any atom is -0.338 e. The van der Waals surface area contributed by atoms with Crippen molar-refractivity contribution in [3.05, 3.63) is 87.1 Å². The average molecular weight is 444 g/mol. The zero-order valence-corrected chi connectivity index (χ0v) is 18.7. The van der Waals surface area contributed by atoms with E-state index in [9.17, 15) is 14.4 Å². The first-order valence-electron chi connectivity index (χ1n) is 11.9. The molecule has 1 saturated carbocycles. The van der Waals surface area contributed by atoms with Crippen LogP contribution in [-0.4, -0.2) is 33.4 Å². The van der Waals surface area contributed by atoms with Gasteiger partial charge in [-0.05, 0) is 61.3 Å². The molecule has 0 saturated heterocycles. The van der Waals surface area contributed by atoms with E-state index >= 15 is 0 Å². The molecule has 3 aromatic rings. The monoisotopic (exact) mass is 443 g/mol. The minimum absolute atomic E-state index is 0.0412. The SMILES string of the molecule is O=C(C1CCC(Cn2c(=O)[nH]c3ccccc3c2=O)CC1)N1CC=C(c2ccccc2)CC1. The second kappa shape index (κ2) is 9.22. The third-order valence-electron chi connectivity index (χ3n) is 7.19. The molecular weight excluding hydrogens is 414 g/mol. The lowest BCUT2D eigenvalue weighted by Gasteiger charge is -2.33. The number of amides is 1. The van der Waals surface area contributed by atoms with E-state index in [4.69, 9.17) is 0 Å². The summed E-state index contributed by atoms with van der Waals surface area (Å²) in [6.45, 7) is 1.85. The van der Waals surface area contributed by atoms with Crippen LogP contribution in [0.4, 0.5) is 0 Å². The van der Waals surface area contributed by atoms with Gasteiger partial charge in [0, 0.05) is 25.6 Å². The average Bonchev–Trinajstić information content (AvgIpc) is 2.87. The van der Waals surface area contributed by atoms with Crippen LogP contribution in [0.15, 0.2) is 70.3 Å². The van der Waals surface area contributed by atoms with E-state index in [0.29, 0.717) is 24.0 Å². The third kappa shape index (κ3) is 4.42. The van der Waals surface area contributed by atoms with E-state index in [1.54, 1.807) is 18.2 Å². The van der Waals surface area contributed by atoms with Crippen molar-refractivity contribution in [1.29, 1.82) is 0 Å². The van der Waals surface area contributed by atoms with Gasteiger partial charge in [-0.15, -0.1) is 0 Å². The molecule has 0 bridgehead atoms. The predicted octanol–water partition coefficient (Wildman–Crippen LogP) is 3.81. The molecule has 0 atom stereocenters. The molecule has 1 amide bonds. The van der Waals surface area contributed by atoms with E-state index in [0.717, 1.165) is 38.6 Å². The van der Waals surface area contributed by atoms with Crippen molar-refractivity contribution in [2.45, 2.75) is 38.6 Å². The van der Waals surface area contributed by atoms with Crippen LogP contribution < -0.4 is 11.2 Å². The number of carbonyl (C=O) groups excluding carboxylic acids is 1. The smallest absolute Gasteiger partial charge is 0.328 e. The van der Waals surface area contributed by atoms with Gasteiger partial charge < -0.3 is 9.88 Å². The molecule has 1 fully saturated rings. The third-order valence-corrected chi connectivity index (χ3v) is 7.19. The predicted molar refractivity (Wildman–Crippen MR) is 130 cm³/mol. The topological polar surface area (TPSA) is 75.2 Å². The van der Waals surface area contributed by atoms with Crippen LogP contribution in [0.3, 0.4) is 0 Å². The number of nitrogens with zero attached hydrogens (tertiary/aromatic N) is 2. The maximum absolute atomic E-state index is 13.1. The summed E-state index contributed by atoms with van der Waals surface area (Å²) in [5, 5.41) is 0.536. The zero-order chi connectivity index (χ0) is 22.8. The number of hydrogen-bond acceptors (Lipinski definition) is 3. The molecule has 0 radical (unpaired) electrons. The van der Waals surface area contributed by atoms with Crippen molar-refractivity contribution in [1.82, 2.24) is 14.5 Å². The normalized spacial score (nSPS) is 21.1. The molecule has 1 aliphatic carbocycles. The molecule has 6 nitrogen and oxygen atoms in total. The van der Waals surface area contributed by atoms with E-state index in [1.165, 1.54) is 15.7 Å². The first kappa shape index (κ1) is 21.4. The number of benzene rings is 2. The van der Waals surface area contributed by atoms with Crippen molar-refractivity contribution in [3.8, 4) is 0 Å². The Hall–Kier alpha value is -3.41. The number of aromatic amines is 1. The summed E-state index contributed by atoms with van der Waals surface area (Å²) < 4.78 is 1.33. The lowest BCUT2D eigenvalue weighted by molar-refractivity contribution is -0.136. The Balaban J connectivity index is 1.19. The lowest BCUT2D eigenvalue weighted by Crippen LogP contribution is -2.41. The fourth-order valence-electron chi connectivity index (χ4n) is 5.26. The van der Waals surface area contributed by atoms with Crippen LogP contribution in [0.5, 0.6) is 0 Å². The van der Waals surface area contributed by atoms with Gasteiger partial charge in [0.1, 0.15) is 0 Å². The van der Waals surface area contributed by atoms with Gasteiger partial charge in [-0.25, -0.2) is 4.79 Å². The number of rotatable bonds is 4. The van der Waals surface area contributed by atoms with Gasteiger partial charge in [-0.3, -0.25) is 14.2 Å². The number of nitrogens with one attached hydrogen (secondary N) is 1. The van der Waals surface area contributed by atoms with Gasteiger partial charge in [0.05, 0.1) is 10.9 Å². The van der Waals surface area contributed by atoms with Gasteiger partial charge >= 0.3 is 5.69 Å². The van der Waals surface area contributed by atoms with Crippen molar-refractivity contribution in [2.24, 2.45) is 11.8 Å². The molecule has 1 N–H and O–H groups in total. The van der Waals surface area contributed by atoms with Crippen molar-refractivity contribution < 1.29 is 4.79 Å². The number of aromatic nitrogens is 2. The van der Waals surface area contributed by atoms with Gasteiger partial charge in [0.15, 0.2) is 0 Å². The summed E-state index contributed by atoms with van der Waals surface area (Å²) in [6, 6.07) is 17.5. The minimum atomic E-state index is -0.355. The Bertz CT molecular complexity index is 1300. The van der Waals surface area contributed by atoms with Crippen LogP contribution in [0.25, 0.3) is 16.5 Å². The van der Waals surface area contributed by atoms with Crippen LogP contribution in [0.1, 0.15) is 37.7 Å². The Morgan fingerprint density at radius 1 is 0.939 bits per heavy atom. The van der Waals surface area contributed by atoms with Crippen molar-refractivity contribution in [2.75, 3.05) is 13.1 Å². The fraction of sp³-hybridized carbons (Fsp3) is 0.370. The maximum Gasteiger partial charge on any atom is 0.328 e. The first-order chi connectivity index (χ1) is 16.1. The quantitative estimate of drug-likeness (QED) is 0.666. The van der Waals surface area contributed by atoms with Crippen LogP contribution in [0, 0.1) is 11.8 Å². The lowest BCUT2D eigenvalue weighted by atomic mass is 9.81. The molecule has 6 heteroatoms. The second-order valence-corrected chi connectivity index (χ2v) is 9.24. The second-order valence-electron chi connectivity index (χ2n) is 9.24. The van der Waals surface area contributed by atoms with Gasteiger partial charge in [0.25, 0.3) is 5.56 Å². The molecule has 0 unspecified atom stereocenters. The highest BCUT2D eigenvalue weighted by Crippen LogP contribution is 2.32. The molecule has 170 valence electrons. The molecule has 0 spiro atoms. The number of hydrogen-bond donors (Lipinski definition) is 1. The van der Waals surface area contributed by atoms with Crippen LogP contribution >= 0.6 is 0 Å². The van der Waals surface area contributed by atoms with Crippen molar-refractivity contribution >= 4 is 22.4 Å². The van der Waals surface area contributed by atoms with Crippen LogP contribution in [0.2, 0.25) is 0 Å². The van der Waals surface area contributed by atoms with E-state index in [-0.39, 0.29) is 29.0 Å². The summed E-state index contributed by atoms with van der Waals surface area (Å²) in [5.41, 5.74) is 2.54.